The maximum atomic E-state index is 12.6. The van der Waals surface area contributed by atoms with Crippen molar-refractivity contribution < 1.29 is 18.3 Å². The summed E-state index contributed by atoms with van der Waals surface area (Å²) >= 11 is 0.595. The van der Waals surface area contributed by atoms with Gasteiger partial charge in [0.15, 0.2) is 5.13 Å². The van der Waals surface area contributed by atoms with E-state index in [0.717, 1.165) is 32.4 Å². The molecule has 0 spiro atoms. The summed E-state index contributed by atoms with van der Waals surface area (Å²) in [7, 11) is 3.70. The number of aliphatic hydroxyl groups excluding tert-OH is 1. The number of anilines is 1. The van der Waals surface area contributed by atoms with Crippen molar-refractivity contribution in [3.8, 4) is 0 Å². The lowest BCUT2D eigenvalue weighted by Crippen LogP contribution is -2.48. The fourth-order valence-electron chi connectivity index (χ4n) is 2.35. The Morgan fingerprint density at radius 2 is 2.00 bits per heavy atom. The quantitative estimate of drug-likeness (QED) is 0.874. The van der Waals surface area contributed by atoms with Crippen LogP contribution in [0.4, 0.5) is 18.3 Å². The summed E-state index contributed by atoms with van der Waals surface area (Å²) < 4.78 is 37.7. The summed E-state index contributed by atoms with van der Waals surface area (Å²) in [6, 6.07) is 0. The molecule has 0 amide bonds. The smallest absolute Gasteiger partial charge is 0.390 e. The zero-order valence-electron chi connectivity index (χ0n) is 12.7. The van der Waals surface area contributed by atoms with E-state index in [4.69, 9.17) is 0 Å². The molecule has 1 fully saturated rings. The van der Waals surface area contributed by atoms with Crippen molar-refractivity contribution in [3.63, 3.8) is 0 Å². The molecule has 126 valence electrons. The first-order chi connectivity index (χ1) is 10.3. The third-order valence-corrected chi connectivity index (χ3v) is 4.81. The number of hydrogen-bond donors (Lipinski definition) is 1. The van der Waals surface area contributed by atoms with Crippen LogP contribution in [0.1, 0.15) is 4.88 Å². The van der Waals surface area contributed by atoms with Crippen LogP contribution in [-0.2, 0) is 6.18 Å². The van der Waals surface area contributed by atoms with Crippen LogP contribution in [0.15, 0.2) is 6.20 Å². The predicted molar refractivity (Wildman–Crippen MR) is 80.3 cm³/mol. The first-order valence-electron chi connectivity index (χ1n) is 7.09. The van der Waals surface area contributed by atoms with Gasteiger partial charge in [-0.05, 0) is 7.05 Å². The molecule has 0 saturated carbocycles. The van der Waals surface area contributed by atoms with Crippen molar-refractivity contribution in [2.45, 2.75) is 12.3 Å². The van der Waals surface area contributed by atoms with Crippen LogP contribution in [0, 0.1) is 0 Å². The van der Waals surface area contributed by atoms with Gasteiger partial charge in [-0.3, -0.25) is 4.90 Å². The molecule has 2 rings (SSSR count). The molecule has 9 heteroatoms. The maximum absolute atomic E-state index is 12.6. The summed E-state index contributed by atoms with van der Waals surface area (Å²) in [4.78, 5) is 9.03. The molecule has 1 N–H and O–H groups in total. The fourth-order valence-corrected chi connectivity index (χ4v) is 3.11. The van der Waals surface area contributed by atoms with Gasteiger partial charge in [-0.25, -0.2) is 4.98 Å². The molecule has 1 unspecified atom stereocenters. The van der Waals surface area contributed by atoms with Crippen LogP contribution < -0.4 is 4.90 Å². The number of piperazine rings is 1. The minimum atomic E-state index is -4.37. The van der Waals surface area contributed by atoms with E-state index < -0.39 is 17.2 Å². The van der Waals surface area contributed by atoms with Crippen molar-refractivity contribution in [2.24, 2.45) is 0 Å². The van der Waals surface area contributed by atoms with Crippen molar-refractivity contribution in [1.82, 2.24) is 14.8 Å². The minimum absolute atomic E-state index is 0.261. The number of aliphatic hydroxyl groups is 1. The summed E-state index contributed by atoms with van der Waals surface area (Å²) in [5, 5.41) is 10.4. The molecule has 22 heavy (non-hydrogen) atoms. The third-order valence-electron chi connectivity index (χ3n) is 3.65. The van der Waals surface area contributed by atoms with Crippen LogP contribution in [0.2, 0.25) is 0 Å². The number of thiazole rings is 1. The van der Waals surface area contributed by atoms with E-state index in [1.807, 2.05) is 0 Å². The Hall–Kier alpha value is -0.900. The zero-order valence-corrected chi connectivity index (χ0v) is 13.5. The van der Waals surface area contributed by atoms with Crippen LogP contribution in [0.3, 0.4) is 0 Å². The van der Waals surface area contributed by atoms with E-state index in [0.29, 0.717) is 17.9 Å². The highest BCUT2D eigenvalue weighted by atomic mass is 32.1. The Bertz CT molecular complexity index is 474. The average molecular weight is 338 g/mol. The topological polar surface area (TPSA) is 42.8 Å². The molecule has 0 aromatic carbocycles. The minimum Gasteiger partial charge on any atom is -0.390 e. The van der Waals surface area contributed by atoms with Crippen LogP contribution in [0.25, 0.3) is 0 Å². The molecule has 1 aliphatic rings. The number of alkyl halides is 3. The Morgan fingerprint density at radius 1 is 1.36 bits per heavy atom. The second-order valence-corrected chi connectivity index (χ2v) is 6.65. The molecule has 1 aromatic heterocycles. The van der Waals surface area contributed by atoms with E-state index in [2.05, 4.69) is 21.8 Å². The van der Waals surface area contributed by atoms with Gasteiger partial charge < -0.3 is 14.9 Å². The Labute approximate surface area is 132 Å². The molecule has 0 aliphatic carbocycles. The summed E-state index contributed by atoms with van der Waals surface area (Å²) in [6.45, 7) is 4.50. The highest BCUT2D eigenvalue weighted by Crippen LogP contribution is 2.35. The molecule has 1 atom stereocenters. The molecule has 2 heterocycles. The largest absolute Gasteiger partial charge is 0.427 e. The van der Waals surface area contributed by atoms with Gasteiger partial charge in [0.05, 0.1) is 12.3 Å². The third kappa shape index (κ3) is 4.80. The van der Waals surface area contributed by atoms with Crippen LogP contribution in [0.5, 0.6) is 0 Å². The molecule has 0 bridgehead atoms. The monoisotopic (exact) mass is 338 g/mol. The molecule has 1 aliphatic heterocycles. The number of aromatic nitrogens is 1. The van der Waals surface area contributed by atoms with Crippen molar-refractivity contribution in [1.29, 1.82) is 0 Å². The molecular weight excluding hydrogens is 317 g/mol. The van der Waals surface area contributed by atoms with Gasteiger partial charge in [0.2, 0.25) is 0 Å². The van der Waals surface area contributed by atoms with Gasteiger partial charge in [-0.2, -0.15) is 13.2 Å². The number of nitrogens with zero attached hydrogens (tertiary/aromatic N) is 4. The molecule has 1 saturated heterocycles. The summed E-state index contributed by atoms with van der Waals surface area (Å²) in [5.74, 6) is 0. The Kier molecular flexibility index (Phi) is 5.65. The highest BCUT2D eigenvalue weighted by molar-refractivity contribution is 7.15. The number of halogens is 3. The second kappa shape index (κ2) is 7.12. The van der Waals surface area contributed by atoms with Gasteiger partial charge in [-0.15, -0.1) is 0 Å². The Balaban J connectivity index is 1.83. The molecule has 1 aromatic rings. The first kappa shape index (κ1) is 17.5. The lowest BCUT2D eigenvalue weighted by Gasteiger charge is -2.34. The SMILES string of the molecule is CN1CCN(CC(O)CN(C)c2ncc(C(F)(F)F)s2)CC1. The molecule has 0 radical (unpaired) electrons. The van der Waals surface area contributed by atoms with Gasteiger partial charge in [0, 0.05) is 46.3 Å². The first-order valence-corrected chi connectivity index (χ1v) is 7.90. The number of β-amino-alcohol motifs (C(OH)–C–C–N with tert-alkyl or cyclic N) is 1. The van der Waals surface area contributed by atoms with Gasteiger partial charge in [0.1, 0.15) is 4.88 Å². The Morgan fingerprint density at radius 3 is 2.55 bits per heavy atom. The van der Waals surface area contributed by atoms with Crippen LogP contribution >= 0.6 is 11.3 Å². The predicted octanol–water partition coefficient (Wildman–Crippen LogP) is 1.21. The normalized spacial score (nSPS) is 19.4. The van der Waals surface area contributed by atoms with Crippen molar-refractivity contribution in [3.05, 3.63) is 11.1 Å². The summed E-state index contributed by atoms with van der Waals surface area (Å²) in [6.07, 6.45) is -4.15. The van der Waals surface area contributed by atoms with Crippen molar-refractivity contribution >= 4 is 16.5 Å². The second-order valence-electron chi connectivity index (χ2n) is 5.64. The lowest BCUT2D eigenvalue weighted by molar-refractivity contribution is -0.134. The number of likely N-dealkylation sites (N-methyl/N-ethyl adjacent to an activating group) is 2. The highest BCUT2D eigenvalue weighted by Gasteiger charge is 2.33. The molecule has 5 nitrogen and oxygen atoms in total. The van der Waals surface area contributed by atoms with Gasteiger partial charge in [-0.1, -0.05) is 11.3 Å². The number of rotatable bonds is 5. The standard InChI is InChI=1S/C13H21F3N4OS/c1-18-3-5-20(6-4-18)9-10(21)8-19(2)12-17-7-11(22-12)13(14,15)16/h7,10,21H,3-6,8-9H2,1-2H3. The van der Waals surface area contributed by atoms with Gasteiger partial charge in [0.25, 0.3) is 0 Å². The van der Waals surface area contributed by atoms with E-state index in [9.17, 15) is 18.3 Å². The van der Waals surface area contributed by atoms with Crippen molar-refractivity contribution in [2.75, 3.05) is 58.3 Å². The summed E-state index contributed by atoms with van der Waals surface area (Å²) in [5.41, 5.74) is 0. The average Bonchev–Trinajstić information content (AvgIpc) is 2.91. The van der Waals surface area contributed by atoms with E-state index in [-0.39, 0.29) is 11.7 Å². The lowest BCUT2D eigenvalue weighted by atomic mass is 10.2. The van der Waals surface area contributed by atoms with Crippen LogP contribution in [-0.4, -0.2) is 79.4 Å². The zero-order chi connectivity index (χ0) is 16.3. The fraction of sp³-hybridized carbons (Fsp3) is 0.769. The maximum Gasteiger partial charge on any atom is 0.427 e. The van der Waals surface area contributed by atoms with E-state index >= 15 is 0 Å². The van der Waals surface area contributed by atoms with E-state index in [1.165, 1.54) is 0 Å². The number of hydrogen-bond acceptors (Lipinski definition) is 6. The van der Waals surface area contributed by atoms with Gasteiger partial charge >= 0.3 is 6.18 Å². The molecular formula is C13H21F3N4OS. The van der Waals surface area contributed by atoms with E-state index in [1.54, 1.807) is 11.9 Å².